The van der Waals surface area contributed by atoms with Gasteiger partial charge in [-0.3, -0.25) is 4.79 Å². The number of amides is 1. The number of rotatable bonds is 9. The smallest absolute Gasteiger partial charge is 0.224 e. The highest BCUT2D eigenvalue weighted by Gasteiger charge is 2.27. The van der Waals surface area contributed by atoms with Gasteiger partial charge in [0, 0.05) is 24.7 Å². The zero-order valence-electron chi connectivity index (χ0n) is 16.6. The van der Waals surface area contributed by atoms with E-state index in [1.165, 1.54) is 12.8 Å². The standard InChI is InChI=1S/C20H32N2O4S/c1-20(2,3)27(24,25)21-14-7-6-13-19(23)22-16-9-8-12-18(15-16)26-17-10-4-5-11-17/h8-9,12,15,17,21H,4-7,10-11,13-14H2,1-3H3,(H,22,23). The van der Waals surface area contributed by atoms with Crippen LogP contribution >= 0.6 is 0 Å². The number of carbonyl (C=O) groups is 1. The van der Waals surface area contributed by atoms with Gasteiger partial charge in [-0.15, -0.1) is 0 Å². The number of sulfonamides is 1. The molecule has 0 saturated heterocycles. The van der Waals surface area contributed by atoms with E-state index in [1.54, 1.807) is 20.8 Å². The van der Waals surface area contributed by atoms with Gasteiger partial charge in [0.25, 0.3) is 0 Å². The first-order valence-electron chi connectivity index (χ1n) is 9.73. The summed E-state index contributed by atoms with van der Waals surface area (Å²) in [6.45, 7) is 5.32. The summed E-state index contributed by atoms with van der Waals surface area (Å²) in [6.07, 6.45) is 6.49. The third kappa shape index (κ3) is 7.14. The van der Waals surface area contributed by atoms with Crippen LogP contribution in [-0.4, -0.2) is 31.7 Å². The van der Waals surface area contributed by atoms with Gasteiger partial charge in [-0.05, 0) is 71.4 Å². The van der Waals surface area contributed by atoms with Crippen LogP contribution in [0.2, 0.25) is 0 Å². The minimum absolute atomic E-state index is 0.0771. The molecule has 1 aliphatic rings. The molecule has 1 fully saturated rings. The molecule has 2 N–H and O–H groups in total. The number of nitrogens with one attached hydrogen (secondary N) is 2. The number of benzene rings is 1. The maximum atomic E-state index is 12.1. The number of ether oxygens (including phenoxy) is 1. The van der Waals surface area contributed by atoms with E-state index in [9.17, 15) is 13.2 Å². The number of carbonyl (C=O) groups excluding carboxylic acids is 1. The Bertz CT molecular complexity index is 720. The van der Waals surface area contributed by atoms with Crippen molar-refractivity contribution >= 4 is 21.6 Å². The molecule has 27 heavy (non-hydrogen) atoms. The lowest BCUT2D eigenvalue weighted by molar-refractivity contribution is -0.116. The molecule has 0 unspecified atom stereocenters. The van der Waals surface area contributed by atoms with Gasteiger partial charge in [0.05, 0.1) is 10.9 Å². The molecule has 1 aromatic carbocycles. The molecule has 0 spiro atoms. The maximum Gasteiger partial charge on any atom is 0.224 e. The van der Waals surface area contributed by atoms with Gasteiger partial charge in [0.1, 0.15) is 5.75 Å². The van der Waals surface area contributed by atoms with E-state index < -0.39 is 14.8 Å². The van der Waals surface area contributed by atoms with Crippen LogP contribution in [0.4, 0.5) is 5.69 Å². The summed E-state index contributed by atoms with van der Waals surface area (Å²) in [4.78, 5) is 12.1. The third-order valence-corrected chi connectivity index (χ3v) is 6.85. The van der Waals surface area contributed by atoms with E-state index in [4.69, 9.17) is 4.74 Å². The fraction of sp³-hybridized carbons (Fsp3) is 0.650. The summed E-state index contributed by atoms with van der Waals surface area (Å²) < 4.78 is 31.6. The minimum Gasteiger partial charge on any atom is -0.490 e. The van der Waals surface area contributed by atoms with E-state index in [2.05, 4.69) is 10.0 Å². The Morgan fingerprint density at radius 1 is 1.19 bits per heavy atom. The van der Waals surface area contributed by atoms with Gasteiger partial charge in [-0.2, -0.15) is 0 Å². The van der Waals surface area contributed by atoms with Crippen LogP contribution in [0.3, 0.4) is 0 Å². The van der Waals surface area contributed by atoms with Gasteiger partial charge in [0.15, 0.2) is 0 Å². The van der Waals surface area contributed by atoms with Crippen molar-refractivity contribution in [2.45, 2.75) is 76.6 Å². The monoisotopic (exact) mass is 396 g/mol. The molecule has 152 valence electrons. The van der Waals surface area contributed by atoms with Crippen molar-refractivity contribution < 1.29 is 17.9 Å². The average molecular weight is 397 g/mol. The summed E-state index contributed by atoms with van der Waals surface area (Å²) in [6, 6.07) is 7.49. The maximum absolute atomic E-state index is 12.1. The van der Waals surface area contributed by atoms with Gasteiger partial charge >= 0.3 is 0 Å². The molecule has 1 aromatic rings. The van der Waals surface area contributed by atoms with Gasteiger partial charge < -0.3 is 10.1 Å². The molecule has 1 aliphatic carbocycles. The van der Waals surface area contributed by atoms with Crippen molar-refractivity contribution in [2.24, 2.45) is 0 Å². The second kappa shape index (κ2) is 9.55. The predicted octanol–water partition coefficient (Wildman–Crippen LogP) is 3.83. The van der Waals surface area contributed by atoms with Crippen LogP contribution in [0.15, 0.2) is 24.3 Å². The Kier molecular flexibility index (Phi) is 7.68. The molecule has 0 bridgehead atoms. The molecular formula is C20H32N2O4S. The summed E-state index contributed by atoms with van der Waals surface area (Å²) in [5, 5.41) is 2.88. The summed E-state index contributed by atoms with van der Waals surface area (Å²) in [5.74, 6) is 0.711. The van der Waals surface area contributed by atoms with E-state index in [0.717, 1.165) is 24.3 Å². The Morgan fingerprint density at radius 3 is 2.56 bits per heavy atom. The van der Waals surface area contributed by atoms with Gasteiger partial charge in [-0.1, -0.05) is 6.07 Å². The molecule has 0 atom stereocenters. The molecule has 6 nitrogen and oxygen atoms in total. The summed E-state index contributed by atoms with van der Waals surface area (Å²) in [7, 11) is -3.33. The molecule has 0 heterocycles. The number of unbranched alkanes of at least 4 members (excludes halogenated alkanes) is 1. The van der Waals surface area contributed by atoms with Crippen LogP contribution in [0.1, 0.15) is 65.7 Å². The summed E-state index contributed by atoms with van der Waals surface area (Å²) >= 11 is 0. The van der Waals surface area contributed by atoms with Crippen molar-refractivity contribution in [3.8, 4) is 5.75 Å². The second-order valence-corrected chi connectivity index (χ2v) is 10.6. The molecule has 0 aromatic heterocycles. The van der Waals surface area contributed by atoms with Crippen LogP contribution in [0, 0.1) is 0 Å². The average Bonchev–Trinajstić information content (AvgIpc) is 3.06. The lowest BCUT2D eigenvalue weighted by Crippen LogP contribution is -2.39. The van der Waals surface area contributed by atoms with Crippen molar-refractivity contribution in [2.75, 3.05) is 11.9 Å². The van der Waals surface area contributed by atoms with Crippen molar-refractivity contribution in [1.82, 2.24) is 4.72 Å². The Hall–Kier alpha value is -1.60. The van der Waals surface area contributed by atoms with Crippen LogP contribution < -0.4 is 14.8 Å². The number of anilines is 1. The Balaban J connectivity index is 1.70. The molecule has 0 radical (unpaired) electrons. The zero-order chi connectivity index (χ0) is 19.9. The quantitative estimate of drug-likeness (QED) is 0.621. The topological polar surface area (TPSA) is 84.5 Å². The number of hydrogen-bond acceptors (Lipinski definition) is 4. The van der Waals surface area contributed by atoms with E-state index in [-0.39, 0.29) is 12.0 Å². The fourth-order valence-corrected chi connectivity index (χ4v) is 3.75. The lowest BCUT2D eigenvalue weighted by Gasteiger charge is -2.19. The number of hydrogen-bond donors (Lipinski definition) is 2. The van der Waals surface area contributed by atoms with Crippen LogP contribution in [0.5, 0.6) is 5.75 Å². The van der Waals surface area contributed by atoms with Crippen LogP contribution in [-0.2, 0) is 14.8 Å². The first-order valence-corrected chi connectivity index (χ1v) is 11.2. The summed E-state index contributed by atoms with van der Waals surface area (Å²) in [5.41, 5.74) is 0.726. The zero-order valence-corrected chi connectivity index (χ0v) is 17.4. The molecule has 1 saturated carbocycles. The molecular weight excluding hydrogens is 364 g/mol. The van der Waals surface area contributed by atoms with Crippen molar-refractivity contribution in [3.05, 3.63) is 24.3 Å². The van der Waals surface area contributed by atoms with Crippen molar-refractivity contribution in [3.63, 3.8) is 0 Å². The fourth-order valence-electron chi connectivity index (χ4n) is 2.90. The van der Waals surface area contributed by atoms with E-state index >= 15 is 0 Å². The highest BCUT2D eigenvalue weighted by molar-refractivity contribution is 7.90. The van der Waals surface area contributed by atoms with Crippen molar-refractivity contribution in [1.29, 1.82) is 0 Å². The molecule has 7 heteroatoms. The normalized spacial score (nSPS) is 15.7. The highest BCUT2D eigenvalue weighted by Crippen LogP contribution is 2.25. The Labute approximate surface area is 163 Å². The molecule has 2 rings (SSSR count). The van der Waals surface area contributed by atoms with Gasteiger partial charge in [0.2, 0.25) is 15.9 Å². The first-order chi connectivity index (χ1) is 12.7. The predicted molar refractivity (Wildman–Crippen MR) is 108 cm³/mol. The largest absolute Gasteiger partial charge is 0.490 e. The second-order valence-electron chi connectivity index (χ2n) is 8.07. The first kappa shape index (κ1) is 21.7. The minimum atomic E-state index is -3.33. The Morgan fingerprint density at radius 2 is 1.89 bits per heavy atom. The SMILES string of the molecule is CC(C)(C)S(=O)(=O)NCCCCC(=O)Nc1cccc(OC2CCCC2)c1. The van der Waals surface area contributed by atoms with Crippen LogP contribution in [0.25, 0.3) is 0 Å². The molecule has 1 amide bonds. The van der Waals surface area contributed by atoms with E-state index in [0.29, 0.717) is 25.8 Å². The third-order valence-electron chi connectivity index (χ3n) is 4.65. The lowest BCUT2D eigenvalue weighted by atomic mass is 10.2. The highest BCUT2D eigenvalue weighted by atomic mass is 32.2. The molecule has 0 aliphatic heterocycles. The van der Waals surface area contributed by atoms with Gasteiger partial charge in [-0.25, -0.2) is 13.1 Å². The van der Waals surface area contributed by atoms with E-state index in [1.807, 2.05) is 24.3 Å².